The van der Waals surface area contributed by atoms with Crippen molar-refractivity contribution in [2.75, 3.05) is 18.5 Å². The Morgan fingerprint density at radius 1 is 1.21 bits per heavy atom. The van der Waals surface area contributed by atoms with Gasteiger partial charge in [-0.05, 0) is 43.3 Å². The number of alkyl halides is 3. The number of pyridine rings is 1. The van der Waals surface area contributed by atoms with Crippen molar-refractivity contribution in [3.63, 3.8) is 0 Å². The number of anilines is 2. The Kier molecular flexibility index (Phi) is 5.62. The van der Waals surface area contributed by atoms with E-state index in [1.54, 1.807) is 24.3 Å². The highest BCUT2D eigenvalue weighted by molar-refractivity contribution is 5.99. The van der Waals surface area contributed by atoms with Gasteiger partial charge in [0.05, 0.1) is 12.2 Å². The molecule has 2 rings (SSSR count). The van der Waals surface area contributed by atoms with Crippen LogP contribution < -0.4 is 15.4 Å². The molecular weight excluding hydrogens is 323 g/mol. The molecular formula is C16H16F3N3O2. The van der Waals surface area contributed by atoms with Crippen LogP contribution in [0.5, 0.6) is 5.75 Å². The highest BCUT2D eigenvalue weighted by atomic mass is 19.4. The topological polar surface area (TPSA) is 63.2 Å². The fourth-order valence-corrected chi connectivity index (χ4v) is 1.90. The summed E-state index contributed by atoms with van der Waals surface area (Å²) < 4.78 is 42.0. The minimum absolute atomic E-state index is 0.0237. The number of carbonyl (C=O) groups is 1. The van der Waals surface area contributed by atoms with Crippen molar-refractivity contribution in [2.24, 2.45) is 0 Å². The number of rotatable bonds is 6. The van der Waals surface area contributed by atoms with E-state index in [9.17, 15) is 18.0 Å². The van der Waals surface area contributed by atoms with Crippen LogP contribution in [0.1, 0.15) is 17.3 Å². The van der Waals surface area contributed by atoms with E-state index in [4.69, 9.17) is 4.74 Å². The van der Waals surface area contributed by atoms with Gasteiger partial charge in [0.15, 0.2) is 0 Å². The second-order valence-electron chi connectivity index (χ2n) is 4.78. The molecule has 0 spiro atoms. The molecule has 0 atom stereocenters. The number of amides is 1. The lowest BCUT2D eigenvalue weighted by Crippen LogP contribution is -2.34. The fourth-order valence-electron chi connectivity index (χ4n) is 1.90. The number of benzene rings is 1. The van der Waals surface area contributed by atoms with Gasteiger partial charge in [-0.2, -0.15) is 13.2 Å². The molecule has 128 valence electrons. The van der Waals surface area contributed by atoms with Crippen LogP contribution >= 0.6 is 0 Å². The van der Waals surface area contributed by atoms with Gasteiger partial charge < -0.3 is 15.4 Å². The van der Waals surface area contributed by atoms with Crippen LogP contribution in [0, 0.1) is 0 Å². The zero-order chi connectivity index (χ0) is 17.6. The summed E-state index contributed by atoms with van der Waals surface area (Å²) in [6.45, 7) is 1.01. The van der Waals surface area contributed by atoms with Crippen LogP contribution in [-0.2, 0) is 0 Å². The molecule has 2 N–H and O–H groups in total. The maximum Gasteiger partial charge on any atom is 0.405 e. The first-order valence-electron chi connectivity index (χ1n) is 7.19. The maximum absolute atomic E-state index is 12.2. The predicted molar refractivity (Wildman–Crippen MR) is 83.5 cm³/mol. The summed E-state index contributed by atoms with van der Waals surface area (Å²) in [5.74, 6) is 0.00223. The number of ether oxygens (including phenoxy) is 1. The molecule has 0 aliphatic carbocycles. The molecule has 24 heavy (non-hydrogen) atoms. The summed E-state index contributed by atoms with van der Waals surface area (Å²) in [4.78, 5) is 15.9. The van der Waals surface area contributed by atoms with Gasteiger partial charge in [0, 0.05) is 11.9 Å². The Morgan fingerprint density at radius 2 is 1.92 bits per heavy atom. The van der Waals surface area contributed by atoms with E-state index in [-0.39, 0.29) is 11.4 Å². The number of aromatic nitrogens is 1. The second kappa shape index (κ2) is 7.67. The molecule has 0 fully saturated rings. The first-order chi connectivity index (χ1) is 11.4. The Labute approximate surface area is 136 Å². The second-order valence-corrected chi connectivity index (χ2v) is 4.78. The highest BCUT2D eigenvalue weighted by Crippen LogP contribution is 2.21. The van der Waals surface area contributed by atoms with Crippen LogP contribution in [0.2, 0.25) is 0 Å². The monoisotopic (exact) mass is 339 g/mol. The van der Waals surface area contributed by atoms with Gasteiger partial charge in [-0.3, -0.25) is 4.79 Å². The van der Waals surface area contributed by atoms with E-state index in [1.165, 1.54) is 18.3 Å². The summed E-state index contributed by atoms with van der Waals surface area (Å²) in [6, 6.07) is 9.78. The molecule has 0 unspecified atom stereocenters. The first-order valence-corrected chi connectivity index (χ1v) is 7.19. The Morgan fingerprint density at radius 3 is 2.54 bits per heavy atom. The molecule has 0 aliphatic heterocycles. The maximum atomic E-state index is 12.2. The van der Waals surface area contributed by atoms with Crippen molar-refractivity contribution in [1.29, 1.82) is 0 Å². The molecule has 1 heterocycles. The molecule has 5 nitrogen and oxygen atoms in total. The lowest BCUT2D eigenvalue weighted by Gasteiger charge is -2.12. The van der Waals surface area contributed by atoms with Crippen molar-refractivity contribution in [3.05, 3.63) is 48.2 Å². The first kappa shape index (κ1) is 17.6. The number of hydrogen-bond donors (Lipinski definition) is 2. The van der Waals surface area contributed by atoms with E-state index in [1.807, 2.05) is 12.2 Å². The zero-order valence-electron chi connectivity index (χ0n) is 12.9. The van der Waals surface area contributed by atoms with Crippen LogP contribution in [-0.4, -0.2) is 30.2 Å². The summed E-state index contributed by atoms with van der Waals surface area (Å²) in [5.41, 5.74) is 0.651. The van der Waals surface area contributed by atoms with Crippen LogP contribution in [0.15, 0.2) is 42.6 Å². The third kappa shape index (κ3) is 5.15. The normalized spacial score (nSPS) is 11.0. The Bertz CT molecular complexity index is 688. The van der Waals surface area contributed by atoms with Crippen LogP contribution in [0.3, 0.4) is 0 Å². The smallest absolute Gasteiger partial charge is 0.405 e. The van der Waals surface area contributed by atoms with Gasteiger partial charge in [0.25, 0.3) is 5.91 Å². The van der Waals surface area contributed by atoms with Crippen molar-refractivity contribution in [2.45, 2.75) is 13.1 Å². The molecule has 1 aromatic carbocycles. The average molecular weight is 339 g/mol. The fraction of sp³-hybridized carbons (Fsp3) is 0.250. The van der Waals surface area contributed by atoms with Crippen molar-refractivity contribution < 1.29 is 22.7 Å². The average Bonchev–Trinajstić information content (AvgIpc) is 2.54. The summed E-state index contributed by atoms with van der Waals surface area (Å²) in [7, 11) is 0. The standard InChI is InChI=1S/C16H16F3N3O2/c1-2-24-12-7-5-11(6-8-12)22-14-13(4-3-9-20-14)15(23)21-10-16(17,18)19/h3-9H,2,10H2,1H3,(H,20,22)(H,21,23). The highest BCUT2D eigenvalue weighted by Gasteiger charge is 2.28. The van der Waals surface area contributed by atoms with E-state index in [0.29, 0.717) is 18.0 Å². The van der Waals surface area contributed by atoms with E-state index in [0.717, 1.165) is 0 Å². The van der Waals surface area contributed by atoms with Gasteiger partial charge in [-0.25, -0.2) is 4.98 Å². The third-order valence-electron chi connectivity index (χ3n) is 2.93. The molecule has 0 radical (unpaired) electrons. The summed E-state index contributed by atoms with van der Waals surface area (Å²) in [5, 5.41) is 4.74. The molecule has 0 saturated carbocycles. The number of carbonyl (C=O) groups excluding carboxylic acids is 1. The summed E-state index contributed by atoms with van der Waals surface area (Å²) >= 11 is 0. The number of nitrogens with zero attached hydrogens (tertiary/aromatic N) is 1. The van der Waals surface area contributed by atoms with Crippen molar-refractivity contribution in [3.8, 4) is 5.75 Å². The van der Waals surface area contributed by atoms with Gasteiger partial charge in [-0.15, -0.1) is 0 Å². The summed E-state index contributed by atoms with van der Waals surface area (Å²) in [6.07, 6.45) is -3.03. The molecule has 0 saturated heterocycles. The van der Waals surface area contributed by atoms with E-state index < -0.39 is 18.6 Å². The van der Waals surface area contributed by atoms with Crippen LogP contribution in [0.4, 0.5) is 24.7 Å². The third-order valence-corrected chi connectivity index (χ3v) is 2.93. The van der Waals surface area contributed by atoms with Gasteiger partial charge in [-0.1, -0.05) is 0 Å². The van der Waals surface area contributed by atoms with Crippen LogP contribution in [0.25, 0.3) is 0 Å². The predicted octanol–water partition coefficient (Wildman–Crippen LogP) is 3.52. The SMILES string of the molecule is CCOc1ccc(Nc2ncccc2C(=O)NCC(F)(F)F)cc1. The number of halogens is 3. The van der Waals surface area contributed by atoms with E-state index in [2.05, 4.69) is 10.3 Å². The molecule has 0 bridgehead atoms. The van der Waals surface area contributed by atoms with Gasteiger partial charge >= 0.3 is 6.18 Å². The van der Waals surface area contributed by atoms with Gasteiger partial charge in [0.2, 0.25) is 0 Å². The number of hydrogen-bond acceptors (Lipinski definition) is 4. The molecule has 1 amide bonds. The number of nitrogens with one attached hydrogen (secondary N) is 2. The minimum Gasteiger partial charge on any atom is -0.494 e. The van der Waals surface area contributed by atoms with Crippen molar-refractivity contribution in [1.82, 2.24) is 10.3 Å². The molecule has 8 heteroatoms. The molecule has 2 aromatic rings. The van der Waals surface area contributed by atoms with Crippen molar-refractivity contribution >= 4 is 17.4 Å². The zero-order valence-corrected chi connectivity index (χ0v) is 12.9. The largest absolute Gasteiger partial charge is 0.494 e. The van der Waals surface area contributed by atoms with Gasteiger partial charge in [0.1, 0.15) is 18.1 Å². The molecule has 0 aliphatic rings. The Balaban J connectivity index is 2.12. The van der Waals surface area contributed by atoms with E-state index >= 15 is 0 Å². The quantitative estimate of drug-likeness (QED) is 0.845. The minimum atomic E-state index is -4.47. The molecule has 1 aromatic heterocycles. The Hall–Kier alpha value is -2.77. The lowest BCUT2D eigenvalue weighted by molar-refractivity contribution is -0.123. The lowest BCUT2D eigenvalue weighted by atomic mass is 10.2.